The number of carboxylic acid groups (broad SMARTS) is 1. The van der Waals surface area contributed by atoms with Crippen LogP contribution in [0.4, 0.5) is 11.4 Å². The second kappa shape index (κ2) is 4.01. The van der Waals surface area contributed by atoms with Crippen LogP contribution in [0.25, 0.3) is 0 Å². The summed E-state index contributed by atoms with van der Waals surface area (Å²) in [5.74, 6) is -0.879. The molecule has 0 aliphatic carbocycles. The SMILES string of the molecule is CN1C(=O)C(C)(C)Nc2cc(CC(=O)O)ccc21. The van der Waals surface area contributed by atoms with E-state index in [2.05, 4.69) is 5.32 Å². The average molecular weight is 248 g/mol. The van der Waals surface area contributed by atoms with E-state index in [1.54, 1.807) is 44.0 Å². The van der Waals surface area contributed by atoms with Crippen molar-refractivity contribution < 1.29 is 14.7 Å². The number of anilines is 2. The molecule has 0 spiro atoms. The van der Waals surface area contributed by atoms with E-state index in [1.165, 1.54) is 0 Å². The fraction of sp³-hybridized carbons (Fsp3) is 0.385. The summed E-state index contributed by atoms with van der Waals surface area (Å²) in [6.45, 7) is 3.61. The summed E-state index contributed by atoms with van der Waals surface area (Å²) in [5, 5.41) is 11.9. The summed E-state index contributed by atoms with van der Waals surface area (Å²) in [4.78, 5) is 24.3. The zero-order valence-electron chi connectivity index (χ0n) is 10.7. The Bertz CT molecular complexity index is 523. The van der Waals surface area contributed by atoms with Gasteiger partial charge in [0.05, 0.1) is 17.8 Å². The van der Waals surface area contributed by atoms with Crippen LogP contribution in [0.5, 0.6) is 0 Å². The third-order valence-electron chi connectivity index (χ3n) is 3.06. The van der Waals surface area contributed by atoms with Gasteiger partial charge in [-0.15, -0.1) is 0 Å². The van der Waals surface area contributed by atoms with Crippen LogP contribution in [0.3, 0.4) is 0 Å². The van der Waals surface area contributed by atoms with Crippen molar-refractivity contribution in [3.8, 4) is 0 Å². The van der Waals surface area contributed by atoms with Gasteiger partial charge in [-0.1, -0.05) is 6.07 Å². The van der Waals surface area contributed by atoms with Gasteiger partial charge < -0.3 is 15.3 Å². The molecule has 2 N–H and O–H groups in total. The molecule has 0 aromatic heterocycles. The molecule has 0 fully saturated rings. The largest absolute Gasteiger partial charge is 0.481 e. The number of nitrogens with one attached hydrogen (secondary N) is 1. The highest BCUT2D eigenvalue weighted by atomic mass is 16.4. The van der Waals surface area contributed by atoms with Gasteiger partial charge in [-0.2, -0.15) is 0 Å². The molecule has 0 unspecified atom stereocenters. The van der Waals surface area contributed by atoms with Crippen LogP contribution in [0.1, 0.15) is 19.4 Å². The van der Waals surface area contributed by atoms with Crippen molar-refractivity contribution in [2.75, 3.05) is 17.3 Å². The molecule has 96 valence electrons. The van der Waals surface area contributed by atoms with E-state index in [0.717, 1.165) is 11.4 Å². The first kappa shape index (κ1) is 12.4. The van der Waals surface area contributed by atoms with Crippen LogP contribution in [0.2, 0.25) is 0 Å². The molecule has 1 aliphatic rings. The summed E-state index contributed by atoms with van der Waals surface area (Å²) in [6.07, 6.45) is -0.0208. The minimum absolute atomic E-state index is 0.0130. The zero-order valence-corrected chi connectivity index (χ0v) is 10.7. The van der Waals surface area contributed by atoms with Crippen LogP contribution in [0, 0.1) is 0 Å². The molecule has 0 saturated carbocycles. The molecule has 0 saturated heterocycles. The van der Waals surface area contributed by atoms with E-state index in [0.29, 0.717) is 5.56 Å². The Balaban J connectivity index is 2.42. The van der Waals surface area contributed by atoms with Gasteiger partial charge in [-0.3, -0.25) is 9.59 Å². The summed E-state index contributed by atoms with van der Waals surface area (Å²) < 4.78 is 0. The van der Waals surface area contributed by atoms with Crippen LogP contribution in [-0.4, -0.2) is 29.6 Å². The minimum atomic E-state index is -0.866. The maximum atomic E-state index is 12.0. The molecule has 5 nitrogen and oxygen atoms in total. The van der Waals surface area contributed by atoms with Crippen LogP contribution in [-0.2, 0) is 16.0 Å². The van der Waals surface area contributed by atoms with Gasteiger partial charge >= 0.3 is 5.97 Å². The number of hydrogen-bond acceptors (Lipinski definition) is 3. The van der Waals surface area contributed by atoms with Crippen LogP contribution in [0.15, 0.2) is 18.2 Å². The first-order valence-electron chi connectivity index (χ1n) is 5.72. The minimum Gasteiger partial charge on any atom is -0.481 e. The highest BCUT2D eigenvalue weighted by Gasteiger charge is 2.36. The molecular weight excluding hydrogens is 232 g/mol. The molecule has 0 atom stereocenters. The Hall–Kier alpha value is -2.04. The number of aliphatic carboxylic acids is 1. The smallest absolute Gasteiger partial charge is 0.307 e. The first-order chi connectivity index (χ1) is 8.31. The number of rotatable bonds is 2. The molecule has 0 bridgehead atoms. The number of carboxylic acids is 1. The monoisotopic (exact) mass is 248 g/mol. The quantitative estimate of drug-likeness (QED) is 0.831. The lowest BCUT2D eigenvalue weighted by molar-refractivity contribution is -0.136. The summed E-state index contributed by atoms with van der Waals surface area (Å²) in [6, 6.07) is 5.29. The highest BCUT2D eigenvalue weighted by molar-refractivity contribution is 6.07. The lowest BCUT2D eigenvalue weighted by atomic mass is 9.97. The number of amides is 1. The number of likely N-dealkylation sites (N-methyl/N-ethyl adjacent to an activating group) is 1. The van der Waals surface area contributed by atoms with Crippen molar-refractivity contribution in [2.45, 2.75) is 25.8 Å². The van der Waals surface area contributed by atoms with E-state index in [9.17, 15) is 9.59 Å². The number of carbonyl (C=O) groups is 2. The van der Waals surface area contributed by atoms with E-state index < -0.39 is 11.5 Å². The standard InChI is InChI=1S/C13H16N2O3/c1-13(2)12(18)15(3)10-5-4-8(7-11(16)17)6-9(10)14-13/h4-6,14H,7H2,1-3H3,(H,16,17). The topological polar surface area (TPSA) is 69.6 Å². The summed E-state index contributed by atoms with van der Waals surface area (Å²) in [5.41, 5.74) is 1.60. The predicted molar refractivity (Wildman–Crippen MR) is 68.9 cm³/mol. The van der Waals surface area contributed by atoms with Gasteiger partial charge in [0.1, 0.15) is 5.54 Å². The summed E-state index contributed by atoms with van der Waals surface area (Å²) >= 11 is 0. The second-order valence-electron chi connectivity index (χ2n) is 5.04. The van der Waals surface area contributed by atoms with Gasteiger partial charge in [0, 0.05) is 7.05 Å². The highest BCUT2D eigenvalue weighted by Crippen LogP contribution is 2.35. The molecule has 0 radical (unpaired) electrons. The first-order valence-corrected chi connectivity index (χ1v) is 5.72. The predicted octanol–water partition coefficient (Wildman–Crippen LogP) is 1.48. The molecule has 1 aliphatic heterocycles. The third-order valence-corrected chi connectivity index (χ3v) is 3.06. The van der Waals surface area contributed by atoms with Crippen molar-refractivity contribution in [2.24, 2.45) is 0 Å². The van der Waals surface area contributed by atoms with E-state index >= 15 is 0 Å². The Labute approximate surface area is 105 Å². The molecule has 5 heteroatoms. The molecular formula is C13H16N2O3. The fourth-order valence-electron chi connectivity index (χ4n) is 2.18. The number of hydrogen-bond donors (Lipinski definition) is 2. The van der Waals surface area contributed by atoms with Gasteiger partial charge in [0.2, 0.25) is 0 Å². The van der Waals surface area contributed by atoms with Gasteiger partial charge in [-0.25, -0.2) is 0 Å². The van der Waals surface area contributed by atoms with Crippen molar-refractivity contribution in [3.05, 3.63) is 23.8 Å². The molecule has 18 heavy (non-hydrogen) atoms. The summed E-state index contributed by atoms with van der Waals surface area (Å²) in [7, 11) is 1.72. The van der Waals surface area contributed by atoms with Crippen molar-refractivity contribution in [1.29, 1.82) is 0 Å². The second-order valence-corrected chi connectivity index (χ2v) is 5.04. The lowest BCUT2D eigenvalue weighted by Crippen LogP contribution is -2.52. The van der Waals surface area contributed by atoms with Crippen molar-refractivity contribution in [1.82, 2.24) is 0 Å². The molecule has 1 aromatic carbocycles. The zero-order chi connectivity index (χ0) is 13.5. The normalized spacial score (nSPS) is 17.1. The molecule has 2 rings (SSSR count). The molecule has 1 aromatic rings. The average Bonchev–Trinajstić information content (AvgIpc) is 2.24. The number of fused-ring (bicyclic) bond motifs is 1. The Morgan fingerprint density at radius 2 is 2.11 bits per heavy atom. The Morgan fingerprint density at radius 3 is 2.72 bits per heavy atom. The maximum absolute atomic E-state index is 12.0. The fourth-order valence-corrected chi connectivity index (χ4v) is 2.18. The number of carbonyl (C=O) groups excluding carboxylic acids is 1. The van der Waals surface area contributed by atoms with E-state index in [-0.39, 0.29) is 12.3 Å². The van der Waals surface area contributed by atoms with Crippen molar-refractivity contribution in [3.63, 3.8) is 0 Å². The Kier molecular flexibility index (Phi) is 2.77. The third kappa shape index (κ3) is 2.03. The van der Waals surface area contributed by atoms with Crippen LogP contribution < -0.4 is 10.2 Å². The van der Waals surface area contributed by atoms with E-state index in [4.69, 9.17) is 5.11 Å². The molecule has 1 heterocycles. The van der Waals surface area contributed by atoms with Gasteiger partial charge in [0.15, 0.2) is 0 Å². The number of benzene rings is 1. The molecule has 1 amide bonds. The van der Waals surface area contributed by atoms with Gasteiger partial charge in [0.25, 0.3) is 5.91 Å². The van der Waals surface area contributed by atoms with Gasteiger partial charge in [-0.05, 0) is 31.5 Å². The lowest BCUT2D eigenvalue weighted by Gasteiger charge is -2.38. The van der Waals surface area contributed by atoms with Crippen LogP contribution >= 0.6 is 0 Å². The number of nitrogens with zero attached hydrogens (tertiary/aromatic N) is 1. The van der Waals surface area contributed by atoms with E-state index in [1.807, 2.05) is 0 Å². The van der Waals surface area contributed by atoms with Crippen molar-refractivity contribution >= 4 is 23.3 Å². The maximum Gasteiger partial charge on any atom is 0.307 e. The Morgan fingerprint density at radius 1 is 1.44 bits per heavy atom.